The Labute approximate surface area is 112 Å². The van der Waals surface area contributed by atoms with Gasteiger partial charge in [0, 0.05) is 19.0 Å². The van der Waals surface area contributed by atoms with Crippen LogP contribution in [0.2, 0.25) is 5.02 Å². The molecule has 0 aliphatic carbocycles. The molecule has 0 spiro atoms. The molecule has 0 unspecified atom stereocenters. The van der Waals surface area contributed by atoms with E-state index in [0.29, 0.717) is 41.4 Å². The van der Waals surface area contributed by atoms with E-state index in [0.717, 1.165) is 0 Å². The zero-order valence-corrected chi connectivity index (χ0v) is 10.6. The largest absolute Gasteiger partial charge is 0.480 e. The Balaban J connectivity index is 1.96. The number of aromatic nitrogens is 3. The van der Waals surface area contributed by atoms with Gasteiger partial charge in [-0.2, -0.15) is 4.98 Å². The Morgan fingerprint density at radius 2 is 2.32 bits per heavy atom. The smallest absolute Gasteiger partial charge is 0.407 e. The van der Waals surface area contributed by atoms with Crippen LogP contribution in [0.3, 0.4) is 0 Å². The van der Waals surface area contributed by atoms with Gasteiger partial charge in [-0.15, -0.1) is 0 Å². The molecule has 7 nitrogen and oxygen atoms in total. The lowest BCUT2D eigenvalue weighted by Crippen LogP contribution is -2.26. The van der Waals surface area contributed by atoms with Crippen LogP contribution in [-0.2, 0) is 0 Å². The summed E-state index contributed by atoms with van der Waals surface area (Å²) in [5.74, 6) is -0.0353. The maximum Gasteiger partial charge on any atom is 0.407 e. The van der Waals surface area contributed by atoms with Gasteiger partial charge >= 0.3 is 6.09 Å². The molecule has 0 bridgehead atoms. The summed E-state index contributed by atoms with van der Waals surface area (Å²) in [6.07, 6.45) is -0.252. The van der Waals surface area contributed by atoms with Crippen LogP contribution in [0.15, 0.2) is 6.07 Å². The maximum atomic E-state index is 10.9. The molecule has 3 rings (SSSR count). The summed E-state index contributed by atoms with van der Waals surface area (Å²) in [7, 11) is 0. The van der Waals surface area contributed by atoms with Gasteiger partial charge in [-0.25, -0.2) is 9.78 Å². The van der Waals surface area contributed by atoms with E-state index in [2.05, 4.69) is 15.0 Å². The van der Waals surface area contributed by atoms with Gasteiger partial charge in [-0.05, 0) is 12.5 Å². The number of aromatic amines is 1. The summed E-state index contributed by atoms with van der Waals surface area (Å²) in [5, 5.41) is 18.7. The van der Waals surface area contributed by atoms with Crippen molar-refractivity contribution in [3.05, 3.63) is 16.8 Å². The summed E-state index contributed by atoms with van der Waals surface area (Å²) in [6.45, 7) is 0.853. The van der Waals surface area contributed by atoms with E-state index in [4.69, 9.17) is 16.7 Å². The van der Waals surface area contributed by atoms with E-state index in [1.54, 1.807) is 6.07 Å². The van der Waals surface area contributed by atoms with Crippen molar-refractivity contribution >= 4 is 28.9 Å². The van der Waals surface area contributed by atoms with Crippen molar-refractivity contribution in [2.45, 2.75) is 12.3 Å². The number of nitrogens with zero attached hydrogens (tertiary/aromatic N) is 3. The zero-order valence-electron chi connectivity index (χ0n) is 9.80. The SMILES string of the molecule is O=C(O)N1CC[C@H](c2nc3nc(O)[nH]c3cc2Cl)C1. The quantitative estimate of drug-likeness (QED) is 0.740. The van der Waals surface area contributed by atoms with Crippen molar-refractivity contribution in [3.63, 3.8) is 0 Å². The van der Waals surface area contributed by atoms with E-state index in [-0.39, 0.29) is 11.9 Å². The number of rotatable bonds is 1. The van der Waals surface area contributed by atoms with Gasteiger partial charge < -0.3 is 20.1 Å². The lowest BCUT2D eigenvalue weighted by Gasteiger charge is -2.12. The lowest BCUT2D eigenvalue weighted by atomic mass is 10.0. The van der Waals surface area contributed by atoms with Crippen molar-refractivity contribution in [1.82, 2.24) is 19.9 Å². The van der Waals surface area contributed by atoms with E-state index >= 15 is 0 Å². The predicted molar refractivity (Wildman–Crippen MR) is 67.5 cm³/mol. The molecule has 1 saturated heterocycles. The Kier molecular flexibility index (Phi) is 2.70. The Morgan fingerprint density at radius 1 is 1.53 bits per heavy atom. The molecule has 2 aromatic rings. The Morgan fingerprint density at radius 3 is 3.00 bits per heavy atom. The fourth-order valence-corrected chi connectivity index (χ4v) is 2.67. The third-order valence-electron chi connectivity index (χ3n) is 3.29. The minimum atomic E-state index is -0.933. The highest BCUT2D eigenvalue weighted by atomic mass is 35.5. The van der Waals surface area contributed by atoms with Gasteiger partial charge in [0.2, 0.25) is 0 Å². The van der Waals surface area contributed by atoms with Crippen LogP contribution < -0.4 is 0 Å². The summed E-state index contributed by atoms with van der Waals surface area (Å²) >= 11 is 6.16. The molecule has 1 fully saturated rings. The molecule has 2 aromatic heterocycles. The van der Waals surface area contributed by atoms with Crippen molar-refractivity contribution < 1.29 is 15.0 Å². The average molecular weight is 283 g/mol. The molecule has 100 valence electrons. The molecule has 3 N–H and O–H groups in total. The fourth-order valence-electron chi connectivity index (χ4n) is 2.36. The van der Waals surface area contributed by atoms with Crippen LogP contribution in [0.1, 0.15) is 18.0 Å². The van der Waals surface area contributed by atoms with E-state index < -0.39 is 6.09 Å². The number of carbonyl (C=O) groups is 1. The average Bonchev–Trinajstić information content (AvgIpc) is 2.92. The lowest BCUT2D eigenvalue weighted by molar-refractivity contribution is 0.155. The number of likely N-dealkylation sites (tertiary alicyclic amines) is 1. The first-order valence-electron chi connectivity index (χ1n) is 5.77. The van der Waals surface area contributed by atoms with Gasteiger partial charge in [0.1, 0.15) is 0 Å². The number of nitrogens with one attached hydrogen (secondary N) is 1. The molecule has 0 radical (unpaired) electrons. The molecule has 0 aromatic carbocycles. The normalized spacial score (nSPS) is 19.2. The van der Waals surface area contributed by atoms with Gasteiger partial charge in [0.15, 0.2) is 5.65 Å². The summed E-state index contributed by atoms with van der Waals surface area (Å²) in [6, 6.07) is 1.43. The highest BCUT2D eigenvalue weighted by Crippen LogP contribution is 2.32. The third kappa shape index (κ3) is 2.06. The summed E-state index contributed by atoms with van der Waals surface area (Å²) in [5.41, 5.74) is 1.56. The fraction of sp³-hybridized carbons (Fsp3) is 0.364. The minimum Gasteiger partial charge on any atom is -0.480 e. The minimum absolute atomic E-state index is 0.0353. The Hall–Kier alpha value is -2.02. The number of hydrogen-bond acceptors (Lipinski definition) is 4. The molecule has 3 heterocycles. The second-order valence-electron chi connectivity index (χ2n) is 4.50. The molecule has 19 heavy (non-hydrogen) atoms. The highest BCUT2D eigenvalue weighted by molar-refractivity contribution is 6.31. The van der Waals surface area contributed by atoms with E-state index in [1.165, 1.54) is 4.90 Å². The standard InChI is InChI=1S/C11H11ClN4O3/c12-6-3-7-9(15-10(17)13-7)14-8(6)5-1-2-16(4-5)11(18)19/h3,5H,1-2,4H2,(H,18,19)(H2,13,14,15,17)/t5-/m0/s1. The number of H-pyrrole nitrogens is 1. The summed E-state index contributed by atoms with van der Waals surface area (Å²) in [4.78, 5) is 23.0. The van der Waals surface area contributed by atoms with Crippen molar-refractivity contribution in [2.24, 2.45) is 0 Å². The highest BCUT2D eigenvalue weighted by Gasteiger charge is 2.29. The maximum absolute atomic E-state index is 10.9. The molecular weight excluding hydrogens is 272 g/mol. The molecule has 0 saturated carbocycles. The number of hydrogen-bond donors (Lipinski definition) is 3. The van der Waals surface area contributed by atoms with Crippen LogP contribution in [0, 0.1) is 0 Å². The monoisotopic (exact) mass is 282 g/mol. The molecule has 8 heteroatoms. The van der Waals surface area contributed by atoms with Crippen LogP contribution in [-0.4, -0.2) is 49.2 Å². The predicted octanol–water partition coefficient (Wildman–Crippen LogP) is 1.78. The second kappa shape index (κ2) is 4.27. The summed E-state index contributed by atoms with van der Waals surface area (Å²) < 4.78 is 0. The van der Waals surface area contributed by atoms with E-state index in [9.17, 15) is 9.90 Å². The second-order valence-corrected chi connectivity index (χ2v) is 4.91. The number of halogens is 1. The molecule has 1 aliphatic rings. The first-order chi connectivity index (χ1) is 9.04. The van der Waals surface area contributed by atoms with Crippen molar-refractivity contribution in [1.29, 1.82) is 0 Å². The van der Waals surface area contributed by atoms with E-state index in [1.807, 2.05) is 0 Å². The van der Waals surface area contributed by atoms with Crippen LogP contribution in [0.5, 0.6) is 6.01 Å². The van der Waals surface area contributed by atoms with Crippen LogP contribution >= 0.6 is 11.6 Å². The third-order valence-corrected chi connectivity index (χ3v) is 3.59. The molecule has 1 aliphatic heterocycles. The number of fused-ring (bicyclic) bond motifs is 1. The number of carboxylic acid groups (broad SMARTS) is 1. The number of pyridine rings is 1. The first kappa shape index (κ1) is 12.0. The molecular formula is C11H11ClN4O3. The number of aromatic hydroxyl groups is 1. The van der Waals surface area contributed by atoms with Crippen molar-refractivity contribution in [3.8, 4) is 6.01 Å². The molecule has 1 atom stereocenters. The van der Waals surface area contributed by atoms with Crippen molar-refractivity contribution in [2.75, 3.05) is 13.1 Å². The zero-order chi connectivity index (χ0) is 13.6. The molecule has 1 amide bonds. The Bertz CT molecular complexity index is 657. The van der Waals surface area contributed by atoms with Gasteiger partial charge in [-0.1, -0.05) is 11.6 Å². The van der Waals surface area contributed by atoms with Crippen LogP contribution in [0.25, 0.3) is 11.2 Å². The van der Waals surface area contributed by atoms with Crippen LogP contribution in [0.4, 0.5) is 4.79 Å². The number of amides is 1. The number of imidazole rings is 1. The van der Waals surface area contributed by atoms with Gasteiger partial charge in [-0.3, -0.25) is 0 Å². The topological polar surface area (TPSA) is 102 Å². The van der Waals surface area contributed by atoms with Gasteiger partial charge in [0.05, 0.1) is 16.2 Å². The first-order valence-corrected chi connectivity index (χ1v) is 6.15. The van der Waals surface area contributed by atoms with Gasteiger partial charge in [0.25, 0.3) is 6.01 Å².